The smallest absolute Gasteiger partial charge is 0.410 e. The molecule has 2 fully saturated rings. The van der Waals surface area contributed by atoms with E-state index < -0.39 is 35.4 Å². The summed E-state index contributed by atoms with van der Waals surface area (Å²) >= 11 is 6.60. The van der Waals surface area contributed by atoms with Gasteiger partial charge < -0.3 is 39.2 Å². The third kappa shape index (κ3) is 8.39. The number of fused-ring (bicyclic) bond motifs is 1. The number of rotatable bonds is 8. The number of hydrogen-bond acceptors (Lipinski definition) is 9. The van der Waals surface area contributed by atoms with Crippen molar-refractivity contribution in [2.45, 2.75) is 59.0 Å². The van der Waals surface area contributed by atoms with Gasteiger partial charge in [-0.25, -0.2) is 19.0 Å². The van der Waals surface area contributed by atoms with E-state index in [0.29, 0.717) is 47.9 Å². The van der Waals surface area contributed by atoms with Crippen LogP contribution in [-0.4, -0.2) is 90.8 Å². The highest BCUT2D eigenvalue weighted by Gasteiger charge is 2.34. The van der Waals surface area contributed by atoms with Crippen molar-refractivity contribution in [2.24, 2.45) is 11.8 Å². The summed E-state index contributed by atoms with van der Waals surface area (Å²) < 4.78 is 33.3. The second-order valence-corrected chi connectivity index (χ2v) is 14.2. The molecule has 5 rings (SSSR count). The van der Waals surface area contributed by atoms with Gasteiger partial charge >= 0.3 is 6.09 Å². The van der Waals surface area contributed by atoms with Crippen LogP contribution in [0, 0.1) is 18.4 Å². The molecular formula is C35H43ClFN7O6. The zero-order chi connectivity index (χ0) is 36.3. The Morgan fingerprint density at radius 1 is 1.16 bits per heavy atom. The van der Waals surface area contributed by atoms with Crippen molar-refractivity contribution in [2.75, 3.05) is 56.7 Å². The number of alkyl halides is 1. The number of likely N-dealkylation sites (N-methyl/N-ethyl adjacent to an activating group) is 1. The first-order valence-corrected chi connectivity index (χ1v) is 16.9. The van der Waals surface area contributed by atoms with Crippen molar-refractivity contribution in [1.82, 2.24) is 19.8 Å². The summed E-state index contributed by atoms with van der Waals surface area (Å²) in [7, 11) is 1.47. The fraction of sp³-hybridized carbons (Fsp3) is 0.514. The number of nitrogens with one attached hydrogen (secondary N) is 2. The molecule has 3 aromatic rings. The molecular weight excluding hydrogens is 669 g/mol. The first-order chi connectivity index (χ1) is 23.7. The van der Waals surface area contributed by atoms with Crippen LogP contribution in [0.15, 0.2) is 35.1 Å². The third-order valence-electron chi connectivity index (χ3n) is 8.60. The largest absolute Gasteiger partial charge is 0.478 e. The quantitative estimate of drug-likeness (QED) is 0.290. The van der Waals surface area contributed by atoms with Gasteiger partial charge in [0.2, 0.25) is 5.69 Å². The van der Waals surface area contributed by atoms with Gasteiger partial charge in [0.05, 0.1) is 42.9 Å². The number of carbonyl (C=O) groups excluding carboxylic acids is 2. The molecule has 0 spiro atoms. The highest BCUT2D eigenvalue weighted by Crippen LogP contribution is 2.38. The Morgan fingerprint density at radius 3 is 2.54 bits per heavy atom. The Kier molecular flexibility index (Phi) is 11.1. The maximum Gasteiger partial charge on any atom is 0.410 e. The van der Waals surface area contributed by atoms with E-state index >= 15 is 0 Å². The van der Waals surface area contributed by atoms with Crippen molar-refractivity contribution in [1.29, 1.82) is 0 Å². The second kappa shape index (κ2) is 15.1. The number of pyridine rings is 2. The molecule has 50 heavy (non-hydrogen) atoms. The second-order valence-electron chi connectivity index (χ2n) is 13.8. The van der Waals surface area contributed by atoms with E-state index in [-0.39, 0.29) is 54.6 Å². The Labute approximate surface area is 295 Å². The molecule has 2 N–H and O–H groups in total. The van der Waals surface area contributed by atoms with E-state index in [1.165, 1.54) is 11.6 Å². The molecule has 0 radical (unpaired) electrons. The van der Waals surface area contributed by atoms with Gasteiger partial charge in [0, 0.05) is 49.6 Å². The summed E-state index contributed by atoms with van der Waals surface area (Å²) in [6.07, 6.45) is -1.93. The first kappa shape index (κ1) is 36.7. The predicted octanol–water partition coefficient (Wildman–Crippen LogP) is 5.54. The first-order valence-electron chi connectivity index (χ1n) is 16.5. The molecule has 2 saturated heterocycles. The SMILES string of the molecule is [C-]#[N+]c1cc(Cl)c(Nc2ccc3c(c2)cc(OCC(=O)NC)c(=O)n3CC2CN(C(=O)OC(C)(C)C)CCO2)nc1N1C[C@@H](C)C(F)[C@@H](C)C1. The van der Waals surface area contributed by atoms with E-state index in [2.05, 4.69) is 15.5 Å². The molecule has 2 aliphatic heterocycles. The Balaban J connectivity index is 1.47. The molecule has 13 nitrogen and oxygen atoms in total. The summed E-state index contributed by atoms with van der Waals surface area (Å²) in [4.78, 5) is 50.4. The topological polar surface area (TPSA) is 132 Å². The fourth-order valence-electron chi connectivity index (χ4n) is 6.18. The van der Waals surface area contributed by atoms with Crippen LogP contribution in [0.4, 0.5) is 32.2 Å². The number of anilines is 3. The van der Waals surface area contributed by atoms with Gasteiger partial charge in [-0.15, -0.1) is 0 Å². The Bertz CT molecular complexity index is 1850. The summed E-state index contributed by atoms with van der Waals surface area (Å²) in [6, 6.07) is 8.41. The monoisotopic (exact) mass is 711 g/mol. The molecule has 0 bridgehead atoms. The Morgan fingerprint density at radius 2 is 1.88 bits per heavy atom. The number of benzene rings is 1. The van der Waals surface area contributed by atoms with Gasteiger partial charge in [0.15, 0.2) is 12.4 Å². The molecule has 0 saturated carbocycles. The molecule has 1 aromatic carbocycles. The maximum absolute atomic E-state index is 14.6. The zero-order valence-electron chi connectivity index (χ0n) is 29.1. The van der Waals surface area contributed by atoms with Gasteiger partial charge in [-0.1, -0.05) is 25.4 Å². The summed E-state index contributed by atoms with van der Waals surface area (Å²) in [5.74, 6) is -0.193. The van der Waals surface area contributed by atoms with E-state index in [1.54, 1.807) is 56.0 Å². The van der Waals surface area contributed by atoms with Gasteiger partial charge in [-0.3, -0.25) is 9.59 Å². The van der Waals surface area contributed by atoms with Crippen molar-refractivity contribution in [3.63, 3.8) is 0 Å². The molecule has 268 valence electrons. The number of hydrogen-bond donors (Lipinski definition) is 2. The fourth-order valence-corrected chi connectivity index (χ4v) is 6.37. The highest BCUT2D eigenvalue weighted by molar-refractivity contribution is 6.33. The molecule has 2 amide bonds. The highest BCUT2D eigenvalue weighted by atomic mass is 35.5. The summed E-state index contributed by atoms with van der Waals surface area (Å²) in [5, 5.41) is 6.54. The van der Waals surface area contributed by atoms with Gasteiger partial charge in [0.25, 0.3) is 11.5 Å². The molecule has 2 aromatic heterocycles. The molecule has 0 aliphatic carbocycles. The molecule has 4 heterocycles. The number of amides is 2. The summed E-state index contributed by atoms with van der Waals surface area (Å²) in [5.41, 5.74) is 0.276. The Hall–Kier alpha value is -4.61. The minimum Gasteiger partial charge on any atom is -0.478 e. The van der Waals surface area contributed by atoms with E-state index in [0.717, 1.165) is 0 Å². The minimum absolute atomic E-state index is 0.0441. The van der Waals surface area contributed by atoms with Crippen LogP contribution in [-0.2, 0) is 20.8 Å². The maximum atomic E-state index is 14.6. The van der Waals surface area contributed by atoms with Gasteiger partial charge in [-0.2, -0.15) is 0 Å². The van der Waals surface area contributed by atoms with E-state index in [4.69, 9.17) is 37.4 Å². The van der Waals surface area contributed by atoms with Crippen LogP contribution in [0.5, 0.6) is 5.75 Å². The number of halogens is 2. The van der Waals surface area contributed by atoms with Crippen LogP contribution >= 0.6 is 11.6 Å². The number of carbonyl (C=O) groups is 2. The number of nitrogens with zero attached hydrogens (tertiary/aromatic N) is 5. The van der Waals surface area contributed by atoms with Crippen LogP contribution in [0.2, 0.25) is 5.02 Å². The lowest BCUT2D eigenvalue weighted by atomic mass is 9.89. The standard InChI is InChI=1S/C35H43ClFN7O6/c1-20-15-43(16-21(2)30(20)37)32-26(38-6)14-25(36)31(41-32)40-23-8-9-27-22(12-23)13-28(49-19-29(45)39-7)33(46)44(27)18-24-17-42(10-11-48-24)34(47)50-35(3,4)5/h8-9,12-14,20-21,24,30H,10-11,15-19H2,1-5,7H3,(H,39,45)(H,40,41)/t20-,21+,24?,30?. The van der Waals surface area contributed by atoms with E-state index in [1.807, 2.05) is 18.7 Å². The van der Waals surface area contributed by atoms with E-state index in [9.17, 15) is 18.8 Å². The average Bonchev–Trinajstić information content (AvgIpc) is 3.07. The van der Waals surface area contributed by atoms with Crippen LogP contribution in [0.25, 0.3) is 15.7 Å². The van der Waals surface area contributed by atoms with Crippen molar-refractivity contribution in [3.8, 4) is 5.75 Å². The zero-order valence-corrected chi connectivity index (χ0v) is 29.8. The average molecular weight is 712 g/mol. The molecule has 2 unspecified atom stereocenters. The van der Waals surface area contributed by atoms with Gasteiger partial charge in [0.1, 0.15) is 23.4 Å². The third-order valence-corrected chi connectivity index (χ3v) is 8.89. The lowest BCUT2D eigenvalue weighted by Gasteiger charge is -2.39. The molecule has 4 atom stereocenters. The number of aromatic nitrogens is 2. The van der Waals surface area contributed by atoms with Crippen molar-refractivity contribution >= 4 is 57.5 Å². The van der Waals surface area contributed by atoms with Crippen molar-refractivity contribution in [3.05, 3.63) is 57.1 Å². The van der Waals surface area contributed by atoms with Crippen LogP contribution in [0.1, 0.15) is 34.6 Å². The van der Waals surface area contributed by atoms with Crippen molar-refractivity contribution < 1.29 is 28.2 Å². The summed E-state index contributed by atoms with van der Waals surface area (Å²) in [6.45, 7) is 18.2. The van der Waals surface area contributed by atoms with Crippen LogP contribution < -0.4 is 25.8 Å². The van der Waals surface area contributed by atoms with Gasteiger partial charge in [-0.05, 0) is 51.1 Å². The number of ether oxygens (including phenoxy) is 3. The predicted molar refractivity (Wildman–Crippen MR) is 190 cm³/mol. The normalized spacial score (nSPS) is 21.0. The minimum atomic E-state index is -0.943. The van der Waals surface area contributed by atoms with Crippen LogP contribution in [0.3, 0.4) is 0 Å². The lowest BCUT2D eigenvalue weighted by Crippen LogP contribution is -2.49. The molecule has 15 heteroatoms. The molecule has 2 aliphatic rings. The number of piperidine rings is 1. The lowest BCUT2D eigenvalue weighted by molar-refractivity contribution is -0.122. The number of morpholine rings is 1.